The Labute approximate surface area is 114 Å². The third-order valence-electron chi connectivity index (χ3n) is 3.50. The van der Waals surface area contributed by atoms with Gasteiger partial charge in [0.15, 0.2) is 0 Å². The van der Waals surface area contributed by atoms with Gasteiger partial charge in [-0.3, -0.25) is 4.79 Å². The van der Waals surface area contributed by atoms with Crippen molar-refractivity contribution < 1.29 is 9.18 Å². The third-order valence-corrected chi connectivity index (χ3v) is 4.52. The van der Waals surface area contributed by atoms with Gasteiger partial charge in [0.1, 0.15) is 5.83 Å². The average Bonchev–Trinajstić information content (AvgIpc) is 3.12. The van der Waals surface area contributed by atoms with E-state index in [9.17, 15) is 9.18 Å². The van der Waals surface area contributed by atoms with Gasteiger partial charge in [0.2, 0.25) is 5.91 Å². The molecular weight excluding hydrogens is 334 g/mol. The minimum Gasteiger partial charge on any atom is -0.349 e. The Morgan fingerprint density at radius 1 is 1.65 bits per heavy atom. The number of alkyl halides is 1. The van der Waals surface area contributed by atoms with Crippen molar-refractivity contribution in [2.45, 2.75) is 18.9 Å². The van der Waals surface area contributed by atoms with Crippen LogP contribution >= 0.6 is 22.6 Å². The number of allylic oxidation sites excluding steroid dienone is 2. The zero-order chi connectivity index (χ0) is 12.5. The predicted molar refractivity (Wildman–Crippen MR) is 73.4 cm³/mol. The zero-order valence-corrected chi connectivity index (χ0v) is 11.6. The average molecular weight is 350 g/mol. The van der Waals surface area contributed by atoms with Crippen LogP contribution in [0, 0.1) is 11.3 Å². The molecule has 3 nitrogen and oxygen atoms in total. The molecule has 0 aromatic rings. The summed E-state index contributed by atoms with van der Waals surface area (Å²) < 4.78 is 13.9. The number of amides is 1. The zero-order valence-electron chi connectivity index (χ0n) is 9.46. The molecule has 5 heteroatoms. The number of nitrogens with one attached hydrogen (secondary N) is 1. The Hall–Kier alpha value is -0.430. The number of hydrogen-bond donors (Lipinski definition) is 2. The molecule has 2 unspecified atom stereocenters. The molecule has 0 heterocycles. The molecule has 0 aromatic carbocycles. The molecule has 2 aliphatic rings. The van der Waals surface area contributed by atoms with Crippen LogP contribution in [-0.4, -0.2) is 22.9 Å². The van der Waals surface area contributed by atoms with Crippen LogP contribution in [0.15, 0.2) is 24.1 Å². The minimum atomic E-state index is -0.344. The first-order valence-corrected chi connectivity index (χ1v) is 7.26. The summed E-state index contributed by atoms with van der Waals surface area (Å²) >= 11 is 2.20. The molecule has 2 aliphatic carbocycles. The van der Waals surface area contributed by atoms with Gasteiger partial charge < -0.3 is 11.1 Å². The van der Waals surface area contributed by atoms with Crippen molar-refractivity contribution in [1.82, 2.24) is 5.32 Å². The van der Waals surface area contributed by atoms with Crippen LogP contribution in [0.1, 0.15) is 12.8 Å². The minimum absolute atomic E-state index is 0.0141. The topological polar surface area (TPSA) is 55.1 Å². The maximum absolute atomic E-state index is 13.1. The summed E-state index contributed by atoms with van der Waals surface area (Å²) in [5.74, 6) is -0.185. The van der Waals surface area contributed by atoms with Crippen molar-refractivity contribution in [3.05, 3.63) is 24.1 Å². The van der Waals surface area contributed by atoms with Gasteiger partial charge in [-0.25, -0.2) is 4.39 Å². The summed E-state index contributed by atoms with van der Waals surface area (Å²) in [7, 11) is 0. The van der Waals surface area contributed by atoms with E-state index >= 15 is 0 Å². The van der Waals surface area contributed by atoms with Crippen LogP contribution in [-0.2, 0) is 4.79 Å². The highest BCUT2D eigenvalue weighted by atomic mass is 127. The summed E-state index contributed by atoms with van der Waals surface area (Å²) in [5, 5.41) is 2.97. The van der Waals surface area contributed by atoms with Gasteiger partial charge in [-0.15, -0.1) is 0 Å². The van der Waals surface area contributed by atoms with E-state index in [0.29, 0.717) is 6.54 Å². The quantitative estimate of drug-likeness (QED) is 0.599. The van der Waals surface area contributed by atoms with E-state index in [2.05, 4.69) is 27.9 Å². The van der Waals surface area contributed by atoms with Gasteiger partial charge in [-0.2, -0.15) is 0 Å². The second kappa shape index (κ2) is 5.06. The van der Waals surface area contributed by atoms with Crippen LogP contribution in [0.5, 0.6) is 0 Å². The second-order valence-electron chi connectivity index (χ2n) is 4.71. The fourth-order valence-corrected chi connectivity index (χ4v) is 2.78. The standard InChI is InChI=1S/C12H16FIN2O/c13-9-1-2-10(8(5-9)6-14)16-11(17)12(7-15)3-4-12/h1-2,5,8,10H,3-4,6-7,15H2,(H,16,17). The fourth-order valence-electron chi connectivity index (χ4n) is 1.98. The van der Waals surface area contributed by atoms with Crippen molar-refractivity contribution in [3.63, 3.8) is 0 Å². The van der Waals surface area contributed by atoms with Gasteiger partial charge in [0, 0.05) is 16.9 Å². The molecule has 0 aromatic heterocycles. The molecule has 2 atom stereocenters. The van der Waals surface area contributed by atoms with Crippen LogP contribution in [0.4, 0.5) is 4.39 Å². The summed E-state index contributed by atoms with van der Waals surface area (Å²) in [6.07, 6.45) is 6.44. The smallest absolute Gasteiger partial charge is 0.227 e. The first-order chi connectivity index (χ1) is 8.11. The molecule has 1 saturated carbocycles. The maximum atomic E-state index is 13.1. The van der Waals surface area contributed by atoms with E-state index in [1.807, 2.05) is 0 Å². The predicted octanol–water partition coefficient (Wildman–Crippen LogP) is 1.68. The highest BCUT2D eigenvalue weighted by Crippen LogP contribution is 2.44. The van der Waals surface area contributed by atoms with Crippen LogP contribution in [0.3, 0.4) is 0 Å². The van der Waals surface area contributed by atoms with Crippen LogP contribution in [0.2, 0.25) is 0 Å². The number of nitrogens with two attached hydrogens (primary N) is 1. The molecule has 1 amide bonds. The van der Waals surface area contributed by atoms with Gasteiger partial charge in [0.05, 0.1) is 11.5 Å². The lowest BCUT2D eigenvalue weighted by Gasteiger charge is -2.26. The van der Waals surface area contributed by atoms with Crippen LogP contribution in [0.25, 0.3) is 0 Å². The number of rotatable bonds is 4. The number of hydrogen-bond acceptors (Lipinski definition) is 2. The molecule has 0 radical (unpaired) electrons. The van der Waals surface area contributed by atoms with Gasteiger partial charge in [-0.05, 0) is 25.0 Å². The normalized spacial score (nSPS) is 29.7. The number of carbonyl (C=O) groups is 1. The highest BCUT2D eigenvalue weighted by molar-refractivity contribution is 14.1. The summed E-state index contributed by atoms with van der Waals surface area (Å²) in [6.45, 7) is 0.397. The summed E-state index contributed by atoms with van der Waals surface area (Å²) in [4.78, 5) is 12.0. The fraction of sp³-hybridized carbons (Fsp3) is 0.583. The van der Waals surface area contributed by atoms with E-state index in [1.165, 1.54) is 6.08 Å². The molecule has 94 valence electrons. The van der Waals surface area contributed by atoms with E-state index in [1.54, 1.807) is 12.2 Å². The van der Waals surface area contributed by atoms with Crippen molar-refractivity contribution in [2.75, 3.05) is 11.0 Å². The molecule has 3 N–H and O–H groups in total. The molecule has 2 rings (SSSR count). The lowest BCUT2D eigenvalue weighted by Crippen LogP contribution is -2.45. The molecule has 17 heavy (non-hydrogen) atoms. The molecule has 0 spiro atoms. The Bertz CT molecular complexity index is 377. The number of halogens is 2. The molecule has 0 aliphatic heterocycles. The first-order valence-electron chi connectivity index (χ1n) is 5.74. The van der Waals surface area contributed by atoms with E-state index in [0.717, 1.165) is 17.3 Å². The SMILES string of the molecule is NCC1(C(=O)NC2C=CC(F)=CC2CI)CC1. The van der Waals surface area contributed by atoms with Gasteiger partial charge in [0.25, 0.3) is 0 Å². The highest BCUT2D eigenvalue weighted by Gasteiger charge is 2.49. The van der Waals surface area contributed by atoms with E-state index in [4.69, 9.17) is 5.73 Å². The lowest BCUT2D eigenvalue weighted by molar-refractivity contribution is -0.126. The molecule has 0 saturated heterocycles. The second-order valence-corrected chi connectivity index (χ2v) is 5.59. The summed E-state index contributed by atoms with van der Waals surface area (Å²) in [5.41, 5.74) is 5.27. The lowest BCUT2D eigenvalue weighted by atomic mass is 9.95. The molecule has 1 fully saturated rings. The Balaban J connectivity index is 1.99. The summed E-state index contributed by atoms with van der Waals surface area (Å²) in [6, 6.07) is -0.108. The van der Waals surface area contributed by atoms with Crippen molar-refractivity contribution in [3.8, 4) is 0 Å². The monoisotopic (exact) mass is 350 g/mol. The first kappa shape index (κ1) is 13.0. The van der Waals surface area contributed by atoms with Gasteiger partial charge in [-0.1, -0.05) is 28.7 Å². The molecule has 0 bridgehead atoms. The van der Waals surface area contributed by atoms with Gasteiger partial charge >= 0.3 is 0 Å². The van der Waals surface area contributed by atoms with Crippen molar-refractivity contribution >= 4 is 28.5 Å². The maximum Gasteiger partial charge on any atom is 0.227 e. The van der Waals surface area contributed by atoms with Crippen molar-refractivity contribution in [1.29, 1.82) is 0 Å². The van der Waals surface area contributed by atoms with E-state index < -0.39 is 0 Å². The Kier molecular flexibility index (Phi) is 3.87. The number of carbonyl (C=O) groups excluding carboxylic acids is 1. The van der Waals surface area contributed by atoms with Crippen LogP contribution < -0.4 is 11.1 Å². The third kappa shape index (κ3) is 2.70. The van der Waals surface area contributed by atoms with E-state index in [-0.39, 0.29) is 29.1 Å². The largest absolute Gasteiger partial charge is 0.349 e. The Morgan fingerprint density at radius 3 is 2.88 bits per heavy atom. The van der Waals surface area contributed by atoms with Crippen molar-refractivity contribution in [2.24, 2.45) is 17.1 Å². The molecular formula is C12H16FIN2O. The Morgan fingerprint density at radius 2 is 2.35 bits per heavy atom.